The summed E-state index contributed by atoms with van der Waals surface area (Å²) in [5, 5.41) is 14.9. The lowest BCUT2D eigenvalue weighted by Gasteiger charge is -2.49. The molecular formula is C22H29N5O3. The van der Waals surface area contributed by atoms with Crippen LogP contribution in [0.5, 0.6) is 0 Å². The first-order valence-electron chi connectivity index (χ1n) is 10.5. The van der Waals surface area contributed by atoms with E-state index in [9.17, 15) is 14.7 Å². The van der Waals surface area contributed by atoms with Crippen LogP contribution in [-0.2, 0) is 11.3 Å². The van der Waals surface area contributed by atoms with Gasteiger partial charge in [0, 0.05) is 44.3 Å². The maximum atomic E-state index is 12.9. The van der Waals surface area contributed by atoms with E-state index in [4.69, 9.17) is 0 Å². The minimum Gasteiger partial charge on any atom is -0.391 e. The Labute approximate surface area is 176 Å². The van der Waals surface area contributed by atoms with Crippen LogP contribution in [0, 0.1) is 19.3 Å². The molecule has 2 amide bonds. The van der Waals surface area contributed by atoms with E-state index in [1.54, 1.807) is 34.1 Å². The predicted octanol–water partition coefficient (Wildman–Crippen LogP) is 1.41. The molecule has 30 heavy (non-hydrogen) atoms. The largest absolute Gasteiger partial charge is 0.391 e. The molecule has 0 saturated carbocycles. The summed E-state index contributed by atoms with van der Waals surface area (Å²) in [6.45, 7) is 6.36. The average Bonchev–Trinajstić information content (AvgIpc) is 3.04. The fourth-order valence-electron chi connectivity index (χ4n) is 4.84. The molecule has 1 atom stereocenters. The van der Waals surface area contributed by atoms with Gasteiger partial charge in [0.1, 0.15) is 6.54 Å². The van der Waals surface area contributed by atoms with E-state index in [1.165, 1.54) is 0 Å². The number of amides is 2. The summed E-state index contributed by atoms with van der Waals surface area (Å²) in [6, 6.07) is 5.47. The van der Waals surface area contributed by atoms with Crippen molar-refractivity contribution >= 4 is 11.8 Å². The lowest BCUT2D eigenvalue weighted by Crippen LogP contribution is -2.56. The summed E-state index contributed by atoms with van der Waals surface area (Å²) in [5.74, 6) is -0.0278. The molecule has 2 saturated heterocycles. The Balaban J connectivity index is 1.39. The number of hydrogen-bond donors (Lipinski definition) is 1. The number of β-amino-alcohol motifs (C(OH)–C–C–N with tert-alkyl or cyclic N) is 1. The Morgan fingerprint density at radius 2 is 2.00 bits per heavy atom. The molecule has 8 nitrogen and oxygen atoms in total. The monoisotopic (exact) mass is 411 g/mol. The van der Waals surface area contributed by atoms with Gasteiger partial charge in [-0.15, -0.1) is 0 Å². The highest BCUT2D eigenvalue weighted by Gasteiger charge is 2.43. The number of aliphatic hydroxyl groups excluding tert-OH is 1. The highest BCUT2D eigenvalue weighted by Crippen LogP contribution is 2.40. The predicted molar refractivity (Wildman–Crippen MR) is 111 cm³/mol. The first kappa shape index (κ1) is 20.5. The number of carbonyl (C=O) groups excluding carboxylic acids is 2. The molecule has 4 heterocycles. The van der Waals surface area contributed by atoms with E-state index in [1.807, 2.05) is 24.8 Å². The zero-order chi connectivity index (χ0) is 21.3. The van der Waals surface area contributed by atoms with Crippen molar-refractivity contribution in [3.05, 3.63) is 47.5 Å². The first-order chi connectivity index (χ1) is 14.3. The molecule has 0 bridgehead atoms. The molecule has 4 rings (SSSR count). The number of piperidine rings is 2. The van der Waals surface area contributed by atoms with Crippen molar-refractivity contribution in [2.24, 2.45) is 5.41 Å². The molecule has 1 N–H and O–H groups in total. The van der Waals surface area contributed by atoms with Crippen molar-refractivity contribution in [3.8, 4) is 0 Å². The number of rotatable bonds is 3. The third-order valence-corrected chi connectivity index (χ3v) is 6.39. The molecule has 2 aromatic heterocycles. The summed E-state index contributed by atoms with van der Waals surface area (Å²) in [5.41, 5.74) is 2.28. The second kappa shape index (κ2) is 8.18. The molecule has 1 unspecified atom stereocenters. The van der Waals surface area contributed by atoms with Crippen LogP contribution in [0.3, 0.4) is 0 Å². The van der Waals surface area contributed by atoms with Crippen LogP contribution < -0.4 is 0 Å². The lowest BCUT2D eigenvalue weighted by molar-refractivity contribution is -0.135. The van der Waals surface area contributed by atoms with Gasteiger partial charge in [0.05, 0.1) is 17.4 Å². The van der Waals surface area contributed by atoms with E-state index < -0.39 is 6.10 Å². The molecule has 2 aromatic rings. The second-order valence-electron chi connectivity index (χ2n) is 8.75. The zero-order valence-corrected chi connectivity index (χ0v) is 17.6. The van der Waals surface area contributed by atoms with Crippen molar-refractivity contribution in [1.29, 1.82) is 0 Å². The van der Waals surface area contributed by atoms with Gasteiger partial charge >= 0.3 is 0 Å². The van der Waals surface area contributed by atoms with Gasteiger partial charge in [-0.05, 0) is 56.7 Å². The summed E-state index contributed by atoms with van der Waals surface area (Å²) in [6.07, 6.45) is 4.89. The van der Waals surface area contributed by atoms with Crippen LogP contribution in [0.1, 0.15) is 41.0 Å². The SMILES string of the molecule is Cc1cc(C)n(CC(=O)N2CCC3(CC2)CC(O)CN(C(=O)c2cccnc2)C3)n1. The molecule has 2 aliphatic heterocycles. The summed E-state index contributed by atoms with van der Waals surface area (Å²) in [7, 11) is 0. The number of aliphatic hydroxyl groups is 1. The van der Waals surface area contributed by atoms with Crippen molar-refractivity contribution in [1.82, 2.24) is 24.6 Å². The summed E-state index contributed by atoms with van der Waals surface area (Å²) < 4.78 is 1.75. The van der Waals surface area contributed by atoms with Gasteiger partial charge in [0.15, 0.2) is 0 Å². The number of hydrogen-bond acceptors (Lipinski definition) is 5. The number of aromatic nitrogens is 3. The van der Waals surface area contributed by atoms with Crippen molar-refractivity contribution in [3.63, 3.8) is 0 Å². The minimum atomic E-state index is -0.545. The smallest absolute Gasteiger partial charge is 0.255 e. The molecule has 2 fully saturated rings. The van der Waals surface area contributed by atoms with E-state index >= 15 is 0 Å². The van der Waals surface area contributed by atoms with Gasteiger partial charge in [-0.25, -0.2) is 0 Å². The van der Waals surface area contributed by atoms with Gasteiger partial charge in [0.25, 0.3) is 5.91 Å². The van der Waals surface area contributed by atoms with Gasteiger partial charge in [-0.3, -0.25) is 19.3 Å². The third-order valence-electron chi connectivity index (χ3n) is 6.39. The lowest BCUT2D eigenvalue weighted by atomic mass is 9.71. The molecule has 160 valence electrons. The maximum absolute atomic E-state index is 12.9. The quantitative estimate of drug-likeness (QED) is 0.825. The van der Waals surface area contributed by atoms with Crippen molar-refractivity contribution in [2.45, 2.75) is 45.8 Å². The third kappa shape index (κ3) is 4.23. The normalized spacial score (nSPS) is 21.1. The number of carbonyl (C=O) groups is 2. The van der Waals surface area contributed by atoms with Crippen LogP contribution in [0.2, 0.25) is 0 Å². The van der Waals surface area contributed by atoms with Crippen LogP contribution in [-0.4, -0.2) is 73.8 Å². The Bertz CT molecular complexity index is 918. The fourth-order valence-corrected chi connectivity index (χ4v) is 4.84. The van der Waals surface area contributed by atoms with Crippen molar-refractivity contribution in [2.75, 3.05) is 26.2 Å². The van der Waals surface area contributed by atoms with Gasteiger partial charge in [-0.2, -0.15) is 5.10 Å². The molecular weight excluding hydrogens is 382 g/mol. The Hall–Kier alpha value is -2.74. The number of likely N-dealkylation sites (tertiary alicyclic amines) is 2. The zero-order valence-electron chi connectivity index (χ0n) is 17.6. The molecule has 2 aliphatic rings. The molecule has 8 heteroatoms. The Kier molecular flexibility index (Phi) is 5.60. The van der Waals surface area contributed by atoms with Gasteiger partial charge < -0.3 is 14.9 Å². The molecule has 0 radical (unpaired) electrons. The van der Waals surface area contributed by atoms with E-state index in [0.29, 0.717) is 38.2 Å². The fraction of sp³-hybridized carbons (Fsp3) is 0.545. The topological polar surface area (TPSA) is 91.6 Å². The minimum absolute atomic E-state index is 0.0655. The van der Waals surface area contributed by atoms with Crippen molar-refractivity contribution < 1.29 is 14.7 Å². The Morgan fingerprint density at radius 1 is 1.23 bits per heavy atom. The van der Waals surface area contributed by atoms with Crippen LogP contribution in [0.15, 0.2) is 30.6 Å². The number of pyridine rings is 1. The highest BCUT2D eigenvalue weighted by atomic mass is 16.3. The van der Waals surface area contributed by atoms with Gasteiger partial charge in [-0.1, -0.05) is 0 Å². The molecule has 1 spiro atoms. The first-order valence-corrected chi connectivity index (χ1v) is 10.5. The van der Waals surface area contributed by atoms with E-state index in [-0.39, 0.29) is 23.8 Å². The number of aryl methyl sites for hydroxylation is 2. The maximum Gasteiger partial charge on any atom is 0.255 e. The molecule has 0 aliphatic carbocycles. The van der Waals surface area contributed by atoms with Crippen LogP contribution in [0.4, 0.5) is 0 Å². The van der Waals surface area contributed by atoms with Crippen LogP contribution >= 0.6 is 0 Å². The summed E-state index contributed by atoms with van der Waals surface area (Å²) >= 11 is 0. The summed E-state index contributed by atoms with van der Waals surface area (Å²) in [4.78, 5) is 33.3. The Morgan fingerprint density at radius 3 is 2.63 bits per heavy atom. The van der Waals surface area contributed by atoms with E-state index in [0.717, 1.165) is 24.2 Å². The van der Waals surface area contributed by atoms with E-state index in [2.05, 4.69) is 10.1 Å². The molecule has 0 aromatic carbocycles. The second-order valence-corrected chi connectivity index (χ2v) is 8.75. The average molecular weight is 412 g/mol. The van der Waals surface area contributed by atoms with Crippen LogP contribution in [0.25, 0.3) is 0 Å². The highest BCUT2D eigenvalue weighted by molar-refractivity contribution is 5.94. The standard InChI is InChI=1S/C22H29N5O3/c1-16-10-17(2)27(24-16)14-20(29)25-8-5-22(6-9-25)11-19(28)13-26(15-22)21(30)18-4-3-7-23-12-18/h3-4,7,10,12,19,28H,5-6,8-9,11,13-15H2,1-2H3. The van der Waals surface area contributed by atoms with Gasteiger partial charge in [0.2, 0.25) is 5.91 Å². The number of nitrogens with zero attached hydrogens (tertiary/aromatic N) is 5.